The van der Waals surface area contributed by atoms with Crippen LogP contribution >= 0.6 is 0 Å². The maximum Gasteiger partial charge on any atom is 0.135 e. The molecule has 0 unspecified atom stereocenters. The molecule has 0 amide bonds. The summed E-state index contributed by atoms with van der Waals surface area (Å²) in [6.45, 7) is 0. The minimum Gasteiger partial charge on any atom is -0.371 e. The van der Waals surface area contributed by atoms with E-state index in [4.69, 9.17) is 6.42 Å². The van der Waals surface area contributed by atoms with Gasteiger partial charge >= 0.3 is 0 Å². The fourth-order valence-corrected chi connectivity index (χ4v) is 2.22. The third-order valence-corrected chi connectivity index (χ3v) is 3.09. The van der Waals surface area contributed by atoms with Crippen molar-refractivity contribution in [1.82, 2.24) is 0 Å². The molecule has 0 spiro atoms. The van der Waals surface area contributed by atoms with Gasteiger partial charge in [-0.2, -0.15) is 0 Å². The summed E-state index contributed by atoms with van der Waals surface area (Å²) in [5.41, 5.74) is 0.995. The second-order valence-corrected chi connectivity index (χ2v) is 4.44. The standard InChI is InChI=1S/C14H17NO/c1-2-12-7-6-8-13(11-12)15-14(16)9-4-3-5-10-14/h1,6-8,11,15-16H,3-5,9-10H2. The summed E-state index contributed by atoms with van der Waals surface area (Å²) in [7, 11) is 0. The van der Waals surface area contributed by atoms with Crippen LogP contribution in [0.15, 0.2) is 24.3 Å². The summed E-state index contributed by atoms with van der Waals surface area (Å²) in [6.07, 6.45) is 10.4. The number of anilines is 1. The van der Waals surface area contributed by atoms with Gasteiger partial charge in [-0.15, -0.1) is 6.42 Å². The van der Waals surface area contributed by atoms with Gasteiger partial charge in [0.25, 0.3) is 0 Å². The van der Waals surface area contributed by atoms with Crippen LogP contribution in [0.4, 0.5) is 5.69 Å². The van der Waals surface area contributed by atoms with Gasteiger partial charge in [0.15, 0.2) is 0 Å². The molecule has 16 heavy (non-hydrogen) atoms. The van der Waals surface area contributed by atoms with Gasteiger partial charge in [0.05, 0.1) is 0 Å². The SMILES string of the molecule is C#Cc1cccc(NC2(O)CCCCC2)c1. The Labute approximate surface area is 96.7 Å². The quantitative estimate of drug-likeness (QED) is 0.587. The Balaban J connectivity index is 2.10. The molecule has 84 valence electrons. The van der Waals surface area contributed by atoms with E-state index in [2.05, 4.69) is 11.2 Å². The molecule has 0 saturated heterocycles. The first kappa shape index (κ1) is 11.0. The van der Waals surface area contributed by atoms with Crippen molar-refractivity contribution in [2.45, 2.75) is 37.8 Å². The molecule has 1 aromatic rings. The Morgan fingerprint density at radius 3 is 2.69 bits per heavy atom. The molecule has 2 rings (SSSR count). The van der Waals surface area contributed by atoms with Crippen LogP contribution in [-0.2, 0) is 0 Å². The maximum absolute atomic E-state index is 10.3. The van der Waals surface area contributed by atoms with E-state index >= 15 is 0 Å². The van der Waals surface area contributed by atoms with Crippen LogP contribution in [0, 0.1) is 12.3 Å². The Hall–Kier alpha value is -1.46. The van der Waals surface area contributed by atoms with Gasteiger partial charge in [-0.25, -0.2) is 0 Å². The maximum atomic E-state index is 10.3. The summed E-state index contributed by atoms with van der Waals surface area (Å²) in [6, 6.07) is 7.62. The summed E-state index contributed by atoms with van der Waals surface area (Å²) in [5.74, 6) is 2.60. The lowest BCUT2D eigenvalue weighted by molar-refractivity contribution is 0.0317. The fraction of sp³-hybridized carbons (Fsp3) is 0.429. The number of hydrogen-bond acceptors (Lipinski definition) is 2. The molecule has 0 bridgehead atoms. The first-order valence-corrected chi connectivity index (χ1v) is 5.79. The average molecular weight is 215 g/mol. The van der Waals surface area contributed by atoms with Gasteiger partial charge in [-0.1, -0.05) is 18.4 Å². The highest BCUT2D eigenvalue weighted by Crippen LogP contribution is 2.29. The predicted molar refractivity (Wildman–Crippen MR) is 66.0 cm³/mol. The van der Waals surface area contributed by atoms with Crippen molar-refractivity contribution in [1.29, 1.82) is 0 Å². The molecule has 1 fully saturated rings. The number of rotatable bonds is 2. The molecule has 0 atom stereocenters. The summed E-state index contributed by atoms with van der Waals surface area (Å²) < 4.78 is 0. The van der Waals surface area contributed by atoms with Crippen molar-refractivity contribution in [2.24, 2.45) is 0 Å². The molecule has 1 saturated carbocycles. The van der Waals surface area contributed by atoms with Crippen LogP contribution < -0.4 is 5.32 Å². The fourth-order valence-electron chi connectivity index (χ4n) is 2.22. The molecule has 2 nitrogen and oxygen atoms in total. The smallest absolute Gasteiger partial charge is 0.135 e. The Morgan fingerprint density at radius 2 is 2.00 bits per heavy atom. The van der Waals surface area contributed by atoms with E-state index < -0.39 is 5.72 Å². The van der Waals surface area contributed by atoms with Gasteiger partial charge < -0.3 is 10.4 Å². The molecule has 2 N–H and O–H groups in total. The number of terminal acetylenes is 1. The van der Waals surface area contributed by atoms with Crippen molar-refractivity contribution in [2.75, 3.05) is 5.32 Å². The van der Waals surface area contributed by atoms with E-state index in [1.54, 1.807) is 0 Å². The lowest BCUT2D eigenvalue weighted by atomic mass is 9.91. The second-order valence-electron chi connectivity index (χ2n) is 4.44. The Bertz CT molecular complexity index is 399. The molecular weight excluding hydrogens is 198 g/mol. The number of benzene rings is 1. The zero-order valence-corrected chi connectivity index (χ0v) is 9.37. The van der Waals surface area contributed by atoms with Crippen LogP contribution in [0.1, 0.15) is 37.7 Å². The summed E-state index contributed by atoms with van der Waals surface area (Å²) in [4.78, 5) is 0. The van der Waals surface area contributed by atoms with Crippen LogP contribution in [0.2, 0.25) is 0 Å². The van der Waals surface area contributed by atoms with Crippen molar-refractivity contribution in [3.63, 3.8) is 0 Å². The van der Waals surface area contributed by atoms with E-state index in [0.717, 1.165) is 36.9 Å². The van der Waals surface area contributed by atoms with E-state index in [1.165, 1.54) is 6.42 Å². The van der Waals surface area contributed by atoms with E-state index in [-0.39, 0.29) is 0 Å². The molecule has 1 aromatic carbocycles. The number of nitrogens with one attached hydrogen (secondary N) is 1. The monoisotopic (exact) mass is 215 g/mol. The van der Waals surface area contributed by atoms with E-state index in [1.807, 2.05) is 24.3 Å². The first-order valence-electron chi connectivity index (χ1n) is 5.79. The Kier molecular flexibility index (Phi) is 3.17. The Morgan fingerprint density at radius 1 is 1.25 bits per heavy atom. The molecule has 2 heteroatoms. The first-order chi connectivity index (χ1) is 7.72. The van der Waals surface area contributed by atoms with Gasteiger partial charge in [-0.05, 0) is 43.9 Å². The van der Waals surface area contributed by atoms with Gasteiger partial charge in [0.2, 0.25) is 0 Å². The molecule has 0 aromatic heterocycles. The average Bonchev–Trinajstić information content (AvgIpc) is 2.29. The van der Waals surface area contributed by atoms with Crippen LogP contribution in [0.5, 0.6) is 0 Å². The predicted octanol–water partition coefficient (Wildman–Crippen LogP) is 2.73. The second kappa shape index (κ2) is 4.59. The van der Waals surface area contributed by atoms with Crippen molar-refractivity contribution in [3.8, 4) is 12.3 Å². The third kappa shape index (κ3) is 2.56. The van der Waals surface area contributed by atoms with E-state index in [9.17, 15) is 5.11 Å². The summed E-state index contributed by atoms with van der Waals surface area (Å²) >= 11 is 0. The van der Waals surface area contributed by atoms with Crippen LogP contribution in [0.25, 0.3) is 0 Å². The molecule has 1 aliphatic rings. The van der Waals surface area contributed by atoms with Gasteiger partial charge in [0.1, 0.15) is 5.72 Å². The van der Waals surface area contributed by atoms with Gasteiger partial charge in [-0.3, -0.25) is 0 Å². The van der Waals surface area contributed by atoms with Crippen LogP contribution in [-0.4, -0.2) is 10.8 Å². The molecule has 0 aliphatic heterocycles. The van der Waals surface area contributed by atoms with E-state index in [0.29, 0.717) is 0 Å². The highest BCUT2D eigenvalue weighted by Gasteiger charge is 2.28. The number of hydrogen-bond donors (Lipinski definition) is 2. The summed E-state index contributed by atoms with van der Waals surface area (Å²) in [5, 5.41) is 13.5. The normalized spacial score (nSPS) is 18.8. The largest absolute Gasteiger partial charge is 0.371 e. The molecule has 0 radical (unpaired) electrons. The zero-order chi connectivity index (χ0) is 11.4. The van der Waals surface area contributed by atoms with Crippen molar-refractivity contribution in [3.05, 3.63) is 29.8 Å². The minimum atomic E-state index is -0.745. The lowest BCUT2D eigenvalue weighted by Crippen LogP contribution is -2.39. The minimum absolute atomic E-state index is 0.745. The van der Waals surface area contributed by atoms with Crippen LogP contribution in [0.3, 0.4) is 0 Å². The highest BCUT2D eigenvalue weighted by atomic mass is 16.3. The molecule has 0 heterocycles. The number of aliphatic hydroxyl groups is 1. The van der Waals surface area contributed by atoms with Crippen molar-refractivity contribution >= 4 is 5.69 Å². The topological polar surface area (TPSA) is 32.3 Å². The van der Waals surface area contributed by atoms with Crippen molar-refractivity contribution < 1.29 is 5.11 Å². The third-order valence-electron chi connectivity index (χ3n) is 3.09. The zero-order valence-electron chi connectivity index (χ0n) is 9.37. The lowest BCUT2D eigenvalue weighted by Gasteiger charge is -2.33. The van der Waals surface area contributed by atoms with Gasteiger partial charge in [0, 0.05) is 11.3 Å². The highest BCUT2D eigenvalue weighted by molar-refractivity contribution is 5.51. The molecule has 1 aliphatic carbocycles. The molecular formula is C14H17NO.